The van der Waals surface area contributed by atoms with E-state index in [1.54, 1.807) is 18.4 Å². The summed E-state index contributed by atoms with van der Waals surface area (Å²) in [7, 11) is 1.65. The second-order valence-corrected chi connectivity index (χ2v) is 7.56. The standard InChI is InChI=1S/C22H24N2O2S/c1-14-5-6-15(2)20(11-14)16(3)23-21(25)12-18-13-27-22(24-18)17-7-9-19(26-4)10-8-17/h5-11,13,16H,12H2,1-4H3,(H,23,25)/t16-/m0/s1. The second kappa shape index (κ2) is 8.35. The minimum Gasteiger partial charge on any atom is -0.497 e. The fraction of sp³-hybridized carbons (Fsp3) is 0.273. The van der Waals surface area contributed by atoms with Gasteiger partial charge in [-0.1, -0.05) is 23.8 Å². The van der Waals surface area contributed by atoms with Crippen molar-refractivity contribution in [3.05, 3.63) is 70.2 Å². The zero-order valence-corrected chi connectivity index (χ0v) is 16.9. The Bertz CT molecular complexity index is 932. The highest BCUT2D eigenvalue weighted by molar-refractivity contribution is 7.13. The second-order valence-electron chi connectivity index (χ2n) is 6.70. The largest absolute Gasteiger partial charge is 0.497 e. The molecular formula is C22H24N2O2S. The van der Waals surface area contributed by atoms with Crippen LogP contribution in [0.25, 0.3) is 10.6 Å². The minimum atomic E-state index is -0.0305. The van der Waals surface area contributed by atoms with E-state index in [2.05, 4.69) is 42.3 Å². The van der Waals surface area contributed by atoms with Gasteiger partial charge in [0, 0.05) is 10.9 Å². The molecule has 0 saturated heterocycles. The Labute approximate surface area is 164 Å². The van der Waals surface area contributed by atoms with Gasteiger partial charge < -0.3 is 10.1 Å². The van der Waals surface area contributed by atoms with Crippen LogP contribution in [-0.4, -0.2) is 18.0 Å². The summed E-state index contributed by atoms with van der Waals surface area (Å²) in [4.78, 5) is 17.1. The monoisotopic (exact) mass is 380 g/mol. The summed E-state index contributed by atoms with van der Waals surface area (Å²) in [5, 5.41) is 5.94. The third-order valence-corrected chi connectivity index (χ3v) is 5.45. The molecule has 0 fully saturated rings. The van der Waals surface area contributed by atoms with E-state index in [4.69, 9.17) is 4.74 Å². The Morgan fingerprint density at radius 2 is 1.93 bits per heavy atom. The number of carbonyl (C=O) groups is 1. The number of nitrogens with zero attached hydrogens (tertiary/aromatic N) is 1. The molecule has 1 heterocycles. The third-order valence-electron chi connectivity index (χ3n) is 4.51. The van der Waals surface area contributed by atoms with Crippen LogP contribution in [-0.2, 0) is 11.2 Å². The first-order valence-electron chi connectivity index (χ1n) is 8.91. The van der Waals surface area contributed by atoms with E-state index in [9.17, 15) is 4.79 Å². The molecule has 1 atom stereocenters. The van der Waals surface area contributed by atoms with Gasteiger partial charge in [-0.2, -0.15) is 0 Å². The average molecular weight is 381 g/mol. The van der Waals surface area contributed by atoms with Crippen molar-refractivity contribution in [3.63, 3.8) is 0 Å². The van der Waals surface area contributed by atoms with E-state index >= 15 is 0 Å². The van der Waals surface area contributed by atoms with Gasteiger partial charge in [-0.15, -0.1) is 11.3 Å². The van der Waals surface area contributed by atoms with Gasteiger partial charge in [-0.25, -0.2) is 4.98 Å². The SMILES string of the molecule is COc1ccc(-c2nc(CC(=O)N[C@@H](C)c3cc(C)ccc3C)cs2)cc1. The smallest absolute Gasteiger partial charge is 0.226 e. The van der Waals surface area contributed by atoms with Crippen molar-refractivity contribution in [2.24, 2.45) is 0 Å². The quantitative estimate of drug-likeness (QED) is 0.665. The maximum absolute atomic E-state index is 12.5. The van der Waals surface area contributed by atoms with Gasteiger partial charge in [0.05, 0.1) is 25.3 Å². The van der Waals surface area contributed by atoms with Crippen molar-refractivity contribution in [1.29, 1.82) is 0 Å². The summed E-state index contributed by atoms with van der Waals surface area (Å²) in [6.45, 7) is 6.15. The maximum atomic E-state index is 12.5. The molecule has 0 radical (unpaired) electrons. The molecule has 2 aromatic carbocycles. The normalized spacial score (nSPS) is 11.9. The van der Waals surface area contributed by atoms with Crippen molar-refractivity contribution in [2.45, 2.75) is 33.2 Å². The third kappa shape index (κ3) is 4.74. The lowest BCUT2D eigenvalue weighted by molar-refractivity contribution is -0.121. The number of methoxy groups -OCH3 is 1. The molecule has 0 aliphatic rings. The Balaban J connectivity index is 1.64. The molecule has 0 saturated carbocycles. The number of benzene rings is 2. The predicted molar refractivity (Wildman–Crippen MR) is 110 cm³/mol. The number of ether oxygens (including phenoxy) is 1. The molecule has 3 rings (SSSR count). The molecule has 0 aliphatic carbocycles. The molecule has 0 spiro atoms. The van der Waals surface area contributed by atoms with E-state index < -0.39 is 0 Å². The highest BCUT2D eigenvalue weighted by atomic mass is 32.1. The lowest BCUT2D eigenvalue weighted by Crippen LogP contribution is -2.28. The molecule has 0 aliphatic heterocycles. The van der Waals surface area contributed by atoms with Crippen LogP contribution < -0.4 is 10.1 Å². The number of thiazole rings is 1. The number of nitrogens with one attached hydrogen (secondary N) is 1. The van der Waals surface area contributed by atoms with Crippen molar-refractivity contribution in [2.75, 3.05) is 7.11 Å². The maximum Gasteiger partial charge on any atom is 0.226 e. The number of aromatic nitrogens is 1. The Morgan fingerprint density at radius 3 is 2.63 bits per heavy atom. The Morgan fingerprint density at radius 1 is 1.19 bits per heavy atom. The zero-order valence-electron chi connectivity index (χ0n) is 16.1. The molecule has 140 valence electrons. The summed E-state index contributed by atoms with van der Waals surface area (Å²) >= 11 is 1.55. The van der Waals surface area contributed by atoms with Crippen LogP contribution in [0.1, 0.15) is 35.3 Å². The van der Waals surface area contributed by atoms with Gasteiger partial charge in [0.1, 0.15) is 10.8 Å². The van der Waals surface area contributed by atoms with Gasteiger partial charge in [0.2, 0.25) is 5.91 Å². The summed E-state index contributed by atoms with van der Waals surface area (Å²) in [6, 6.07) is 14.1. The van der Waals surface area contributed by atoms with E-state index in [0.717, 1.165) is 27.6 Å². The van der Waals surface area contributed by atoms with Crippen molar-refractivity contribution in [1.82, 2.24) is 10.3 Å². The first-order chi connectivity index (χ1) is 13.0. The van der Waals surface area contributed by atoms with Crippen LogP contribution in [0.5, 0.6) is 5.75 Å². The van der Waals surface area contributed by atoms with Gasteiger partial charge in [0.25, 0.3) is 0 Å². The summed E-state index contributed by atoms with van der Waals surface area (Å²) < 4.78 is 5.18. The van der Waals surface area contributed by atoms with Gasteiger partial charge >= 0.3 is 0 Å². The molecule has 1 N–H and O–H groups in total. The van der Waals surface area contributed by atoms with Crippen LogP contribution in [0.15, 0.2) is 47.8 Å². The van der Waals surface area contributed by atoms with Crippen LogP contribution in [0.3, 0.4) is 0 Å². The first-order valence-corrected chi connectivity index (χ1v) is 9.79. The zero-order chi connectivity index (χ0) is 19.4. The van der Waals surface area contributed by atoms with Crippen LogP contribution in [0, 0.1) is 13.8 Å². The molecular weight excluding hydrogens is 356 g/mol. The predicted octanol–water partition coefficient (Wildman–Crippen LogP) is 4.86. The summed E-state index contributed by atoms with van der Waals surface area (Å²) in [6.07, 6.45) is 0.280. The Hall–Kier alpha value is -2.66. The Kier molecular flexibility index (Phi) is 5.91. The van der Waals surface area contributed by atoms with Crippen molar-refractivity contribution in [3.8, 4) is 16.3 Å². The van der Waals surface area contributed by atoms with Crippen LogP contribution >= 0.6 is 11.3 Å². The van der Waals surface area contributed by atoms with E-state index in [1.807, 2.05) is 36.6 Å². The number of carbonyl (C=O) groups excluding carboxylic acids is 1. The van der Waals surface area contributed by atoms with Crippen LogP contribution in [0.4, 0.5) is 0 Å². The van der Waals surface area contributed by atoms with E-state index in [0.29, 0.717) is 0 Å². The van der Waals surface area contributed by atoms with E-state index in [-0.39, 0.29) is 18.4 Å². The fourth-order valence-electron chi connectivity index (χ4n) is 3.02. The summed E-state index contributed by atoms with van der Waals surface area (Å²) in [5.74, 6) is 0.797. The number of rotatable bonds is 6. The number of aryl methyl sites for hydroxylation is 2. The number of amides is 1. The fourth-order valence-corrected chi connectivity index (χ4v) is 3.84. The molecule has 1 aromatic heterocycles. The molecule has 27 heavy (non-hydrogen) atoms. The summed E-state index contributed by atoms with van der Waals surface area (Å²) in [5.41, 5.74) is 5.34. The van der Waals surface area contributed by atoms with Crippen LogP contribution in [0.2, 0.25) is 0 Å². The highest BCUT2D eigenvalue weighted by Gasteiger charge is 2.14. The molecule has 3 aromatic rings. The highest BCUT2D eigenvalue weighted by Crippen LogP contribution is 2.26. The topological polar surface area (TPSA) is 51.2 Å². The van der Waals surface area contributed by atoms with Gasteiger partial charge in [-0.3, -0.25) is 4.79 Å². The van der Waals surface area contributed by atoms with E-state index in [1.165, 1.54) is 11.1 Å². The van der Waals surface area contributed by atoms with Crippen molar-refractivity contribution < 1.29 is 9.53 Å². The van der Waals surface area contributed by atoms with Crippen molar-refractivity contribution >= 4 is 17.2 Å². The number of hydrogen-bond donors (Lipinski definition) is 1. The number of hydrogen-bond acceptors (Lipinski definition) is 4. The van der Waals surface area contributed by atoms with Gasteiger partial charge in [0.15, 0.2) is 0 Å². The lowest BCUT2D eigenvalue weighted by Gasteiger charge is -2.17. The molecule has 4 nitrogen and oxygen atoms in total. The molecule has 0 unspecified atom stereocenters. The lowest BCUT2D eigenvalue weighted by atomic mass is 10.00. The first kappa shape index (κ1) is 19.1. The molecule has 0 bridgehead atoms. The average Bonchev–Trinajstić information content (AvgIpc) is 3.12. The van der Waals surface area contributed by atoms with Gasteiger partial charge in [-0.05, 0) is 56.2 Å². The minimum absolute atomic E-state index is 0.0185. The molecule has 5 heteroatoms. The molecule has 1 amide bonds.